The summed E-state index contributed by atoms with van der Waals surface area (Å²) in [5, 5.41) is 9.98. The van der Waals surface area contributed by atoms with E-state index in [0.29, 0.717) is 6.61 Å². The van der Waals surface area contributed by atoms with Gasteiger partial charge in [-0.15, -0.1) is 10.2 Å². The molecule has 4 rings (SSSR count). The molecule has 0 saturated carbocycles. The summed E-state index contributed by atoms with van der Waals surface area (Å²) in [6.45, 7) is 4.56. The van der Waals surface area contributed by atoms with Gasteiger partial charge in [0.25, 0.3) is 0 Å². The van der Waals surface area contributed by atoms with Crippen LogP contribution in [0.4, 0.5) is 0 Å². The van der Waals surface area contributed by atoms with Gasteiger partial charge in [-0.3, -0.25) is 4.90 Å². The Hall–Kier alpha value is -2.51. The van der Waals surface area contributed by atoms with Gasteiger partial charge in [-0.05, 0) is 55.8 Å². The van der Waals surface area contributed by atoms with Gasteiger partial charge in [-0.25, -0.2) is 0 Å². The van der Waals surface area contributed by atoms with Crippen LogP contribution in [0, 0.1) is 0 Å². The Bertz CT molecular complexity index is 909. The van der Waals surface area contributed by atoms with Crippen molar-refractivity contribution in [3.63, 3.8) is 0 Å². The number of benzene rings is 2. The molecule has 0 atom stereocenters. The summed E-state index contributed by atoms with van der Waals surface area (Å²) in [7, 11) is 1.66. The van der Waals surface area contributed by atoms with Crippen molar-refractivity contribution in [1.82, 2.24) is 19.7 Å². The number of rotatable bonds is 10. The molecule has 1 aromatic heterocycles. The Morgan fingerprint density at radius 3 is 2.37 bits per heavy atom. The van der Waals surface area contributed by atoms with E-state index in [0.717, 1.165) is 54.4 Å². The number of hydrogen-bond acceptors (Lipinski definition) is 6. The predicted molar refractivity (Wildman–Crippen MR) is 119 cm³/mol. The fourth-order valence-electron chi connectivity index (χ4n) is 3.57. The van der Waals surface area contributed by atoms with Gasteiger partial charge >= 0.3 is 0 Å². The SMILES string of the molecule is COc1ccc(OCCSc2nnc(CN3CCCC3)n2Cc2ccccc2)cc1. The van der Waals surface area contributed by atoms with Gasteiger partial charge in [0.1, 0.15) is 17.3 Å². The summed E-state index contributed by atoms with van der Waals surface area (Å²) in [5.74, 6) is 3.52. The van der Waals surface area contributed by atoms with Crippen LogP contribution in [0.1, 0.15) is 24.2 Å². The maximum absolute atomic E-state index is 5.86. The van der Waals surface area contributed by atoms with Crippen molar-refractivity contribution >= 4 is 11.8 Å². The summed E-state index contributed by atoms with van der Waals surface area (Å²) >= 11 is 1.69. The van der Waals surface area contributed by atoms with E-state index in [1.807, 2.05) is 30.3 Å². The molecule has 30 heavy (non-hydrogen) atoms. The second kappa shape index (κ2) is 10.5. The fraction of sp³-hybridized carbons (Fsp3) is 0.391. The Kier molecular flexibility index (Phi) is 7.26. The highest BCUT2D eigenvalue weighted by Crippen LogP contribution is 2.22. The lowest BCUT2D eigenvalue weighted by Crippen LogP contribution is -2.21. The normalized spacial score (nSPS) is 14.2. The summed E-state index contributed by atoms with van der Waals surface area (Å²) < 4.78 is 13.3. The largest absolute Gasteiger partial charge is 0.497 e. The van der Waals surface area contributed by atoms with Crippen LogP contribution in [-0.2, 0) is 13.1 Å². The first kappa shape index (κ1) is 20.8. The van der Waals surface area contributed by atoms with Gasteiger partial charge in [0.05, 0.1) is 26.8 Å². The zero-order valence-electron chi connectivity index (χ0n) is 17.4. The smallest absolute Gasteiger partial charge is 0.191 e. The molecule has 0 radical (unpaired) electrons. The van der Waals surface area contributed by atoms with Crippen molar-refractivity contribution in [2.45, 2.75) is 31.1 Å². The average molecular weight is 425 g/mol. The maximum Gasteiger partial charge on any atom is 0.191 e. The number of hydrogen-bond donors (Lipinski definition) is 0. The lowest BCUT2D eigenvalue weighted by atomic mass is 10.2. The van der Waals surface area contributed by atoms with Crippen molar-refractivity contribution < 1.29 is 9.47 Å². The molecule has 1 aliphatic rings. The van der Waals surface area contributed by atoms with E-state index in [9.17, 15) is 0 Å². The van der Waals surface area contributed by atoms with Crippen LogP contribution in [-0.4, -0.2) is 52.2 Å². The van der Waals surface area contributed by atoms with E-state index in [1.54, 1.807) is 18.9 Å². The summed E-state index contributed by atoms with van der Waals surface area (Å²) in [6.07, 6.45) is 2.55. The Balaban J connectivity index is 1.38. The molecule has 1 aliphatic heterocycles. The molecule has 0 amide bonds. The molecule has 0 spiro atoms. The van der Waals surface area contributed by atoms with Crippen LogP contribution in [0.2, 0.25) is 0 Å². The van der Waals surface area contributed by atoms with Crippen LogP contribution >= 0.6 is 11.8 Å². The van der Waals surface area contributed by atoms with Gasteiger partial charge in [-0.1, -0.05) is 42.1 Å². The highest BCUT2D eigenvalue weighted by Gasteiger charge is 2.18. The van der Waals surface area contributed by atoms with Crippen molar-refractivity contribution in [2.24, 2.45) is 0 Å². The number of nitrogens with zero attached hydrogens (tertiary/aromatic N) is 4. The van der Waals surface area contributed by atoms with Crippen molar-refractivity contribution in [1.29, 1.82) is 0 Å². The Labute approximate surface area is 182 Å². The van der Waals surface area contributed by atoms with Crippen LogP contribution in [0.5, 0.6) is 11.5 Å². The maximum atomic E-state index is 5.86. The van der Waals surface area contributed by atoms with E-state index in [4.69, 9.17) is 9.47 Å². The topological polar surface area (TPSA) is 52.4 Å². The van der Waals surface area contributed by atoms with Gasteiger partial charge in [0.2, 0.25) is 0 Å². The van der Waals surface area contributed by atoms with Crippen LogP contribution < -0.4 is 9.47 Å². The van der Waals surface area contributed by atoms with E-state index in [2.05, 4.69) is 43.9 Å². The molecule has 2 heterocycles. The Morgan fingerprint density at radius 2 is 1.63 bits per heavy atom. The number of ether oxygens (including phenoxy) is 2. The number of aromatic nitrogens is 3. The molecule has 2 aromatic carbocycles. The second-order valence-corrected chi connectivity index (χ2v) is 8.39. The molecular formula is C23H28N4O2S. The van der Waals surface area contributed by atoms with Crippen LogP contribution in [0.15, 0.2) is 59.8 Å². The fourth-order valence-corrected chi connectivity index (χ4v) is 4.35. The summed E-state index contributed by atoms with van der Waals surface area (Å²) in [6, 6.07) is 18.2. The van der Waals surface area contributed by atoms with Crippen molar-refractivity contribution in [3.05, 3.63) is 66.0 Å². The minimum Gasteiger partial charge on any atom is -0.497 e. The third kappa shape index (κ3) is 5.55. The van der Waals surface area contributed by atoms with Crippen molar-refractivity contribution in [2.75, 3.05) is 32.6 Å². The number of likely N-dealkylation sites (tertiary alicyclic amines) is 1. The minimum atomic E-state index is 0.608. The van der Waals surface area contributed by atoms with E-state index in [1.165, 1.54) is 18.4 Å². The predicted octanol–water partition coefficient (Wildman–Crippen LogP) is 4.10. The lowest BCUT2D eigenvalue weighted by molar-refractivity contribution is 0.316. The monoisotopic (exact) mass is 424 g/mol. The molecule has 7 heteroatoms. The minimum absolute atomic E-state index is 0.608. The van der Waals surface area contributed by atoms with Gasteiger partial charge in [0, 0.05) is 5.75 Å². The molecule has 1 saturated heterocycles. The first-order valence-corrected chi connectivity index (χ1v) is 11.4. The zero-order chi connectivity index (χ0) is 20.6. The lowest BCUT2D eigenvalue weighted by Gasteiger charge is -2.16. The van der Waals surface area contributed by atoms with Gasteiger partial charge < -0.3 is 14.0 Å². The first-order valence-electron chi connectivity index (χ1n) is 10.4. The molecule has 3 aromatic rings. The summed E-state index contributed by atoms with van der Waals surface area (Å²) in [5.41, 5.74) is 1.26. The molecule has 0 unspecified atom stereocenters. The highest BCUT2D eigenvalue weighted by atomic mass is 32.2. The Morgan fingerprint density at radius 1 is 0.900 bits per heavy atom. The zero-order valence-corrected chi connectivity index (χ0v) is 18.2. The quantitative estimate of drug-likeness (QED) is 0.361. The van der Waals surface area contributed by atoms with Crippen LogP contribution in [0.3, 0.4) is 0 Å². The molecular weight excluding hydrogens is 396 g/mol. The van der Waals surface area contributed by atoms with Crippen molar-refractivity contribution in [3.8, 4) is 11.5 Å². The first-order chi connectivity index (χ1) is 14.8. The molecule has 1 fully saturated rings. The van der Waals surface area contributed by atoms with Gasteiger partial charge in [-0.2, -0.15) is 0 Å². The standard InChI is InChI=1S/C23H28N4O2S/c1-28-20-9-11-21(12-10-20)29-15-16-30-23-25-24-22(18-26-13-5-6-14-26)27(23)17-19-7-3-2-4-8-19/h2-4,7-12H,5-6,13-18H2,1H3. The molecule has 6 nitrogen and oxygen atoms in total. The molecule has 0 N–H and O–H groups in total. The molecule has 0 aliphatic carbocycles. The molecule has 158 valence electrons. The van der Waals surface area contributed by atoms with E-state index < -0.39 is 0 Å². The number of methoxy groups -OCH3 is 1. The third-order valence-corrected chi connectivity index (χ3v) is 6.11. The van der Waals surface area contributed by atoms with E-state index in [-0.39, 0.29) is 0 Å². The summed E-state index contributed by atoms with van der Waals surface area (Å²) in [4.78, 5) is 2.47. The van der Waals surface area contributed by atoms with E-state index >= 15 is 0 Å². The molecule has 0 bridgehead atoms. The number of thioether (sulfide) groups is 1. The highest BCUT2D eigenvalue weighted by molar-refractivity contribution is 7.99. The van der Waals surface area contributed by atoms with Gasteiger partial charge in [0.15, 0.2) is 5.16 Å². The average Bonchev–Trinajstić information content (AvgIpc) is 3.43. The second-order valence-electron chi connectivity index (χ2n) is 7.33. The van der Waals surface area contributed by atoms with Crippen LogP contribution in [0.25, 0.3) is 0 Å². The third-order valence-electron chi connectivity index (χ3n) is 5.18.